The van der Waals surface area contributed by atoms with Gasteiger partial charge in [0.05, 0.1) is 35.9 Å². The third-order valence-corrected chi connectivity index (χ3v) is 9.04. The van der Waals surface area contributed by atoms with E-state index < -0.39 is 5.60 Å². The fourth-order valence-electron chi connectivity index (χ4n) is 6.91. The van der Waals surface area contributed by atoms with E-state index in [1.165, 1.54) is 24.8 Å². The van der Waals surface area contributed by atoms with Gasteiger partial charge < -0.3 is 20.0 Å². The van der Waals surface area contributed by atoms with E-state index in [0.29, 0.717) is 24.5 Å². The molecule has 0 aromatic carbocycles. The molecule has 2 saturated heterocycles. The average Bonchev–Trinajstić information content (AvgIpc) is 3.81. The van der Waals surface area contributed by atoms with Crippen molar-refractivity contribution in [3.8, 4) is 11.3 Å². The molecule has 42 heavy (non-hydrogen) atoms. The lowest BCUT2D eigenvalue weighted by molar-refractivity contribution is 0.00853. The van der Waals surface area contributed by atoms with Crippen LogP contribution < -0.4 is 5.32 Å². The number of aromatic nitrogens is 6. The highest BCUT2D eigenvalue weighted by atomic mass is 16.6. The Kier molecular flexibility index (Phi) is 6.96. The zero-order valence-electron chi connectivity index (χ0n) is 24.7. The van der Waals surface area contributed by atoms with Gasteiger partial charge in [0.15, 0.2) is 5.82 Å². The molecule has 0 spiro atoms. The summed E-state index contributed by atoms with van der Waals surface area (Å²) in [4.78, 5) is 40.5. The first kappa shape index (κ1) is 27.1. The predicted molar refractivity (Wildman–Crippen MR) is 160 cm³/mol. The predicted octanol–water partition coefficient (Wildman–Crippen LogP) is 6.13. The van der Waals surface area contributed by atoms with Gasteiger partial charge in [0.2, 0.25) is 0 Å². The molecule has 10 heteroatoms. The number of aromatic amines is 2. The van der Waals surface area contributed by atoms with Gasteiger partial charge in [-0.25, -0.2) is 24.7 Å². The molecule has 4 unspecified atom stereocenters. The van der Waals surface area contributed by atoms with Crippen molar-refractivity contribution in [1.29, 1.82) is 0 Å². The maximum atomic E-state index is 12.9. The van der Waals surface area contributed by atoms with Crippen molar-refractivity contribution < 1.29 is 9.53 Å². The molecular weight excluding hydrogens is 528 g/mol. The summed E-state index contributed by atoms with van der Waals surface area (Å²) in [6, 6.07) is 0.889. The van der Waals surface area contributed by atoms with Crippen LogP contribution >= 0.6 is 0 Å². The van der Waals surface area contributed by atoms with Gasteiger partial charge in [-0.15, -0.1) is 0 Å². The van der Waals surface area contributed by atoms with Crippen LogP contribution in [0.1, 0.15) is 107 Å². The van der Waals surface area contributed by atoms with Crippen molar-refractivity contribution in [1.82, 2.24) is 40.1 Å². The minimum absolute atomic E-state index is 0.0972. The van der Waals surface area contributed by atoms with Crippen LogP contribution in [-0.2, 0) is 4.74 Å². The van der Waals surface area contributed by atoms with E-state index in [4.69, 9.17) is 19.7 Å². The Morgan fingerprint density at radius 2 is 1.62 bits per heavy atom. The number of imidazole rings is 2. The lowest BCUT2D eigenvalue weighted by Gasteiger charge is -2.35. The zero-order chi connectivity index (χ0) is 28.8. The highest BCUT2D eigenvalue weighted by Gasteiger charge is 2.41. The van der Waals surface area contributed by atoms with Crippen molar-refractivity contribution in [3.63, 3.8) is 0 Å². The summed E-state index contributed by atoms with van der Waals surface area (Å²) >= 11 is 0. The first-order chi connectivity index (χ1) is 20.3. The maximum absolute atomic E-state index is 12.9. The van der Waals surface area contributed by atoms with Crippen LogP contribution in [0.5, 0.6) is 0 Å². The molecule has 3 aromatic heterocycles. The number of fused-ring (bicyclic) bond motifs is 2. The van der Waals surface area contributed by atoms with Crippen molar-refractivity contribution >= 4 is 17.2 Å². The van der Waals surface area contributed by atoms with E-state index in [1.807, 2.05) is 50.5 Å². The highest BCUT2D eigenvalue weighted by Crippen LogP contribution is 2.42. The summed E-state index contributed by atoms with van der Waals surface area (Å²) in [6.07, 6.45) is 20.0. The SMILES string of the molecule is CC(C)(C)OC(=O)N1CCCCC1c1ncc(C2=CC=C(c3ncc(-c4cnc(C5NC6CCC5C6)[nH]4)cn3)CC2)[nH]1. The van der Waals surface area contributed by atoms with Crippen LogP contribution in [0.25, 0.3) is 22.4 Å². The molecule has 3 aromatic rings. The van der Waals surface area contributed by atoms with Gasteiger partial charge >= 0.3 is 6.09 Å². The number of piperidine rings is 2. The fourth-order valence-corrected chi connectivity index (χ4v) is 6.91. The minimum Gasteiger partial charge on any atom is -0.444 e. The van der Waals surface area contributed by atoms with Gasteiger partial charge in [0.1, 0.15) is 17.2 Å². The van der Waals surface area contributed by atoms with Crippen LogP contribution in [0.2, 0.25) is 0 Å². The van der Waals surface area contributed by atoms with Gasteiger partial charge in [-0.05, 0) is 89.2 Å². The standard InChI is InChI=1S/C32H40N8O2/c1-32(2,3)42-31(41)40-13-5-4-6-26(40)29-35-17-24(38-29)19-7-9-20(10-8-19)28-33-15-22(16-34-28)25-18-36-30(39-25)27-21-11-12-23(14-21)37-27/h7,9,15-18,21,23,26-27,37H,4-6,8,10-14H2,1-3H3,(H,35,38)(H,36,39). The molecule has 1 saturated carbocycles. The number of allylic oxidation sites excluding steroid dienone is 4. The molecule has 2 aliphatic heterocycles. The Morgan fingerprint density at radius 3 is 2.33 bits per heavy atom. The van der Waals surface area contributed by atoms with Gasteiger partial charge in [-0.3, -0.25) is 4.90 Å². The fraction of sp³-hybridized carbons (Fsp3) is 0.531. The molecule has 7 rings (SSSR count). The highest BCUT2D eigenvalue weighted by molar-refractivity contribution is 5.75. The largest absolute Gasteiger partial charge is 0.444 e. The maximum Gasteiger partial charge on any atom is 0.410 e. The molecule has 0 radical (unpaired) electrons. The number of nitrogens with zero attached hydrogens (tertiary/aromatic N) is 5. The van der Waals surface area contributed by atoms with Gasteiger partial charge in [-0.1, -0.05) is 12.2 Å². The number of likely N-dealkylation sites (tertiary alicyclic amines) is 1. The molecule has 1 amide bonds. The number of ether oxygens (including phenoxy) is 1. The van der Waals surface area contributed by atoms with Crippen molar-refractivity contribution in [2.75, 3.05) is 6.54 Å². The Balaban J connectivity index is 1.02. The van der Waals surface area contributed by atoms with E-state index in [-0.39, 0.29) is 12.1 Å². The van der Waals surface area contributed by atoms with Crippen molar-refractivity contribution in [3.05, 3.63) is 60.1 Å². The van der Waals surface area contributed by atoms with Gasteiger partial charge in [0.25, 0.3) is 0 Å². The molecule has 2 aliphatic carbocycles. The molecule has 10 nitrogen and oxygen atoms in total. The Hall–Kier alpha value is -3.79. The molecule has 5 heterocycles. The summed E-state index contributed by atoms with van der Waals surface area (Å²) in [5.41, 5.74) is 4.67. The van der Waals surface area contributed by atoms with E-state index in [1.54, 1.807) is 0 Å². The summed E-state index contributed by atoms with van der Waals surface area (Å²) in [5, 5.41) is 3.71. The number of hydrogen-bond acceptors (Lipinski definition) is 7. The van der Waals surface area contributed by atoms with E-state index in [0.717, 1.165) is 72.1 Å². The molecule has 4 atom stereocenters. The molecule has 4 aliphatic rings. The number of H-pyrrole nitrogens is 2. The lowest BCUT2D eigenvalue weighted by atomic mass is 9.96. The minimum atomic E-state index is -0.524. The van der Waals surface area contributed by atoms with Crippen molar-refractivity contribution in [2.24, 2.45) is 5.92 Å². The smallest absolute Gasteiger partial charge is 0.410 e. The molecule has 3 fully saturated rings. The number of carbonyl (C=O) groups is 1. The first-order valence-electron chi connectivity index (χ1n) is 15.4. The Morgan fingerprint density at radius 1 is 0.881 bits per heavy atom. The molecule has 220 valence electrons. The van der Waals surface area contributed by atoms with E-state index in [9.17, 15) is 4.79 Å². The Labute approximate surface area is 246 Å². The van der Waals surface area contributed by atoms with Crippen molar-refractivity contribution in [2.45, 2.75) is 95.9 Å². The van der Waals surface area contributed by atoms with E-state index >= 15 is 0 Å². The third kappa shape index (κ3) is 5.40. The number of amides is 1. The quantitative estimate of drug-likeness (QED) is 0.338. The number of nitrogens with one attached hydrogen (secondary N) is 3. The molecular formula is C32H40N8O2. The second-order valence-corrected chi connectivity index (χ2v) is 13.1. The summed E-state index contributed by atoms with van der Waals surface area (Å²) < 4.78 is 5.68. The van der Waals surface area contributed by atoms with Gasteiger partial charge in [0, 0.05) is 30.5 Å². The van der Waals surface area contributed by atoms with Crippen LogP contribution in [0.15, 0.2) is 36.9 Å². The number of hydrogen-bond donors (Lipinski definition) is 3. The van der Waals surface area contributed by atoms with Gasteiger partial charge in [-0.2, -0.15) is 0 Å². The monoisotopic (exact) mass is 568 g/mol. The summed E-state index contributed by atoms with van der Waals surface area (Å²) in [5.74, 6) is 3.29. The normalized spacial score (nSPS) is 25.8. The van der Waals surface area contributed by atoms with Crippen LogP contribution in [0, 0.1) is 5.92 Å². The first-order valence-corrected chi connectivity index (χ1v) is 15.4. The van der Waals surface area contributed by atoms with Crippen LogP contribution in [-0.4, -0.2) is 59.1 Å². The second kappa shape index (κ2) is 10.8. The molecule has 2 bridgehead atoms. The number of carbonyl (C=O) groups excluding carboxylic acids is 1. The summed E-state index contributed by atoms with van der Waals surface area (Å²) in [6.45, 7) is 6.39. The third-order valence-electron chi connectivity index (χ3n) is 9.04. The molecule has 3 N–H and O–H groups in total. The van der Waals surface area contributed by atoms with E-state index in [2.05, 4.69) is 32.4 Å². The number of rotatable bonds is 5. The second-order valence-electron chi connectivity index (χ2n) is 13.1. The topological polar surface area (TPSA) is 125 Å². The lowest BCUT2D eigenvalue weighted by Crippen LogP contribution is -2.42. The summed E-state index contributed by atoms with van der Waals surface area (Å²) in [7, 11) is 0. The van der Waals surface area contributed by atoms with Crippen LogP contribution in [0.4, 0.5) is 4.79 Å². The van der Waals surface area contributed by atoms with Crippen LogP contribution in [0.3, 0.4) is 0 Å². The Bertz CT molecular complexity index is 1510. The average molecular weight is 569 g/mol. The zero-order valence-corrected chi connectivity index (χ0v) is 24.7.